The molecule has 4 rings (SSSR count). The van der Waals surface area contributed by atoms with Crippen LogP contribution in [0.1, 0.15) is 5.56 Å². The Bertz CT molecular complexity index is 1130. The molecule has 0 unspecified atom stereocenters. The lowest BCUT2D eigenvalue weighted by atomic mass is 10.1. The van der Waals surface area contributed by atoms with Crippen molar-refractivity contribution in [2.45, 2.75) is 6.92 Å². The number of phenolic OH excluding ortho intramolecular Hbond substituents is 1. The molecule has 0 saturated heterocycles. The van der Waals surface area contributed by atoms with Gasteiger partial charge in [-0.05, 0) is 24.6 Å². The second-order valence-electron chi connectivity index (χ2n) is 5.69. The molecule has 0 aliphatic heterocycles. The van der Waals surface area contributed by atoms with E-state index in [2.05, 4.69) is 10.1 Å². The maximum absolute atomic E-state index is 10.3. The highest BCUT2D eigenvalue weighted by atomic mass is 32.1. The Morgan fingerprint density at radius 3 is 2.76 bits per heavy atom. The minimum Gasteiger partial charge on any atom is -0.507 e. The van der Waals surface area contributed by atoms with Gasteiger partial charge in [-0.1, -0.05) is 30.3 Å². The number of nitrogens with two attached hydrogens (primary N) is 1. The standard InChI is InChI=1S/C19H15N3O2S/c1-11-7-15(23)17-16(8-11)24-9-13(18(17)22-20)14-10-25-19(21-14)12-5-3-2-4-6-12/h2-10,23H,20H2,1H3/b22-18+. The summed E-state index contributed by atoms with van der Waals surface area (Å²) in [5.74, 6) is 5.71. The third-order valence-corrected chi connectivity index (χ3v) is 4.84. The fourth-order valence-corrected chi connectivity index (χ4v) is 3.63. The van der Waals surface area contributed by atoms with E-state index < -0.39 is 0 Å². The zero-order chi connectivity index (χ0) is 17.4. The van der Waals surface area contributed by atoms with Crippen molar-refractivity contribution >= 4 is 22.3 Å². The van der Waals surface area contributed by atoms with Crippen LogP contribution in [-0.2, 0) is 0 Å². The number of thiazole rings is 1. The number of hydrogen-bond acceptors (Lipinski definition) is 6. The fourth-order valence-electron chi connectivity index (χ4n) is 2.81. The second kappa shape index (κ2) is 6.07. The number of hydrogen-bond donors (Lipinski definition) is 2. The molecular formula is C19H15N3O2S. The Morgan fingerprint density at radius 1 is 1.20 bits per heavy atom. The van der Waals surface area contributed by atoms with Gasteiger partial charge in [0.15, 0.2) is 0 Å². The van der Waals surface area contributed by atoms with Gasteiger partial charge >= 0.3 is 0 Å². The van der Waals surface area contributed by atoms with Gasteiger partial charge in [0, 0.05) is 10.9 Å². The van der Waals surface area contributed by atoms with E-state index in [-0.39, 0.29) is 5.75 Å². The predicted octanol–water partition coefficient (Wildman–Crippen LogP) is 4.01. The summed E-state index contributed by atoms with van der Waals surface area (Å²) in [6.45, 7) is 1.88. The molecule has 4 aromatic rings. The Balaban J connectivity index is 1.92. The highest BCUT2D eigenvalue weighted by molar-refractivity contribution is 7.13. The molecule has 0 saturated carbocycles. The number of fused-ring (bicyclic) bond motifs is 1. The Labute approximate surface area is 147 Å². The maximum Gasteiger partial charge on any atom is 0.140 e. The van der Waals surface area contributed by atoms with Crippen LogP contribution in [0.2, 0.25) is 0 Å². The minimum atomic E-state index is 0.0864. The molecule has 0 atom stereocenters. The van der Waals surface area contributed by atoms with Gasteiger partial charge in [0.25, 0.3) is 0 Å². The molecule has 0 amide bonds. The number of nitrogens with zero attached hydrogens (tertiary/aromatic N) is 2. The summed E-state index contributed by atoms with van der Waals surface area (Å²) >= 11 is 1.53. The number of aromatic nitrogens is 1. The first-order valence-electron chi connectivity index (χ1n) is 7.68. The van der Waals surface area contributed by atoms with Gasteiger partial charge in [-0.2, -0.15) is 5.10 Å². The van der Waals surface area contributed by atoms with Crippen molar-refractivity contribution in [1.29, 1.82) is 0 Å². The quantitative estimate of drug-likeness (QED) is 0.423. The third-order valence-electron chi connectivity index (χ3n) is 3.95. The molecule has 5 nitrogen and oxygen atoms in total. The van der Waals surface area contributed by atoms with Crippen molar-refractivity contribution in [2.24, 2.45) is 10.9 Å². The SMILES string of the molecule is Cc1cc(O)c2/c(=N/N)c(-c3csc(-c4ccccc4)n3)coc2c1. The van der Waals surface area contributed by atoms with Crippen molar-refractivity contribution in [1.82, 2.24) is 4.98 Å². The molecule has 0 fully saturated rings. The van der Waals surface area contributed by atoms with Crippen LogP contribution < -0.4 is 11.2 Å². The zero-order valence-corrected chi connectivity index (χ0v) is 14.2. The van der Waals surface area contributed by atoms with Crippen LogP contribution in [0, 0.1) is 6.92 Å². The van der Waals surface area contributed by atoms with E-state index in [1.807, 2.05) is 48.7 Å². The van der Waals surface area contributed by atoms with Crippen LogP contribution in [0.5, 0.6) is 5.75 Å². The molecule has 0 spiro atoms. The van der Waals surface area contributed by atoms with Crippen molar-refractivity contribution in [3.05, 3.63) is 65.0 Å². The van der Waals surface area contributed by atoms with Gasteiger partial charge in [-0.3, -0.25) is 0 Å². The highest BCUT2D eigenvalue weighted by Gasteiger charge is 2.14. The van der Waals surface area contributed by atoms with E-state index in [1.54, 1.807) is 12.3 Å². The normalized spacial score (nSPS) is 12.0. The molecule has 2 aromatic heterocycles. The maximum atomic E-state index is 10.3. The molecule has 6 heteroatoms. The predicted molar refractivity (Wildman–Crippen MR) is 98.9 cm³/mol. The van der Waals surface area contributed by atoms with Crippen LogP contribution in [0.3, 0.4) is 0 Å². The molecule has 124 valence electrons. The summed E-state index contributed by atoms with van der Waals surface area (Å²) in [4.78, 5) is 4.67. The van der Waals surface area contributed by atoms with Crippen LogP contribution in [-0.4, -0.2) is 10.1 Å². The molecule has 0 aliphatic rings. The summed E-state index contributed by atoms with van der Waals surface area (Å²) in [6.07, 6.45) is 1.58. The van der Waals surface area contributed by atoms with E-state index in [1.165, 1.54) is 11.3 Å². The molecule has 0 radical (unpaired) electrons. The Morgan fingerprint density at radius 2 is 2.00 bits per heavy atom. The molecular weight excluding hydrogens is 334 g/mol. The van der Waals surface area contributed by atoms with Crippen molar-refractivity contribution in [3.8, 4) is 27.6 Å². The number of rotatable bonds is 2. The van der Waals surface area contributed by atoms with Gasteiger partial charge in [-0.15, -0.1) is 11.3 Å². The van der Waals surface area contributed by atoms with Crippen molar-refractivity contribution in [3.63, 3.8) is 0 Å². The second-order valence-corrected chi connectivity index (χ2v) is 6.55. The summed E-state index contributed by atoms with van der Waals surface area (Å²) in [7, 11) is 0. The van der Waals surface area contributed by atoms with E-state index in [0.29, 0.717) is 27.6 Å². The van der Waals surface area contributed by atoms with Gasteiger partial charge < -0.3 is 15.4 Å². The monoisotopic (exact) mass is 349 g/mol. The lowest BCUT2D eigenvalue weighted by Crippen LogP contribution is -2.11. The first-order chi connectivity index (χ1) is 12.2. The molecule has 0 bridgehead atoms. The average molecular weight is 349 g/mol. The average Bonchev–Trinajstić information content (AvgIpc) is 3.11. The lowest BCUT2D eigenvalue weighted by molar-refractivity contribution is 0.479. The number of aromatic hydroxyl groups is 1. The fraction of sp³-hybridized carbons (Fsp3) is 0.0526. The molecule has 3 N–H and O–H groups in total. The summed E-state index contributed by atoms with van der Waals surface area (Å²) in [6, 6.07) is 13.4. The van der Waals surface area contributed by atoms with Crippen molar-refractivity contribution in [2.75, 3.05) is 0 Å². The number of aryl methyl sites for hydroxylation is 1. The van der Waals surface area contributed by atoms with Crippen LogP contribution in [0.4, 0.5) is 0 Å². The molecule has 25 heavy (non-hydrogen) atoms. The molecule has 2 aromatic carbocycles. The largest absolute Gasteiger partial charge is 0.507 e. The van der Waals surface area contributed by atoms with Gasteiger partial charge in [-0.25, -0.2) is 4.98 Å². The zero-order valence-electron chi connectivity index (χ0n) is 13.4. The molecule has 2 heterocycles. The van der Waals surface area contributed by atoms with Gasteiger partial charge in [0.2, 0.25) is 0 Å². The first kappa shape index (κ1) is 15.4. The van der Waals surface area contributed by atoms with Crippen LogP contribution >= 0.6 is 11.3 Å². The third kappa shape index (κ3) is 2.66. The minimum absolute atomic E-state index is 0.0864. The number of phenols is 1. The highest BCUT2D eigenvalue weighted by Crippen LogP contribution is 2.30. The van der Waals surface area contributed by atoms with Crippen LogP contribution in [0.25, 0.3) is 32.8 Å². The van der Waals surface area contributed by atoms with E-state index >= 15 is 0 Å². The van der Waals surface area contributed by atoms with Gasteiger partial charge in [0.05, 0.1) is 16.6 Å². The Kier molecular flexibility index (Phi) is 3.74. The van der Waals surface area contributed by atoms with Gasteiger partial charge in [0.1, 0.15) is 28.0 Å². The summed E-state index contributed by atoms with van der Waals surface area (Å²) in [5, 5.41) is 18.0. The summed E-state index contributed by atoms with van der Waals surface area (Å²) < 4.78 is 5.71. The van der Waals surface area contributed by atoms with Crippen molar-refractivity contribution < 1.29 is 9.52 Å². The topological polar surface area (TPSA) is 84.6 Å². The lowest BCUT2D eigenvalue weighted by Gasteiger charge is -2.05. The van der Waals surface area contributed by atoms with E-state index in [4.69, 9.17) is 10.3 Å². The first-order valence-corrected chi connectivity index (χ1v) is 8.55. The Hall–Kier alpha value is -3.12. The van der Waals surface area contributed by atoms with Crippen LogP contribution in [0.15, 0.2) is 63.6 Å². The van der Waals surface area contributed by atoms with E-state index in [0.717, 1.165) is 16.1 Å². The smallest absolute Gasteiger partial charge is 0.140 e. The van der Waals surface area contributed by atoms with E-state index in [9.17, 15) is 5.11 Å². The molecule has 0 aliphatic carbocycles. The number of benzene rings is 2. The summed E-state index contributed by atoms with van der Waals surface area (Å²) in [5.41, 5.74) is 3.82.